The Kier molecular flexibility index (Phi) is 8.17. The van der Waals surface area contributed by atoms with Gasteiger partial charge in [0.15, 0.2) is 11.5 Å². The van der Waals surface area contributed by atoms with Crippen LogP contribution in [0.5, 0.6) is 11.5 Å². The lowest BCUT2D eigenvalue weighted by Crippen LogP contribution is -2.25. The molecule has 6 nitrogen and oxygen atoms in total. The molecule has 3 aromatic carbocycles. The molecule has 196 valence electrons. The van der Waals surface area contributed by atoms with Crippen molar-refractivity contribution in [1.82, 2.24) is 9.66 Å². The van der Waals surface area contributed by atoms with Gasteiger partial charge in [-0.15, -0.1) is 0 Å². The molecule has 1 aromatic heterocycles. The third-order valence-electron chi connectivity index (χ3n) is 6.71. The van der Waals surface area contributed by atoms with E-state index in [1.807, 2.05) is 31.2 Å². The zero-order valence-electron chi connectivity index (χ0n) is 21.2. The Morgan fingerprint density at radius 1 is 1.05 bits per heavy atom. The van der Waals surface area contributed by atoms with Gasteiger partial charge in [-0.2, -0.15) is 9.78 Å². The fraction of sp³-hybridized carbons (Fsp3) is 0.300. The van der Waals surface area contributed by atoms with E-state index in [1.165, 1.54) is 23.2 Å². The summed E-state index contributed by atoms with van der Waals surface area (Å²) in [6.07, 6.45) is 7.09. The molecule has 1 aliphatic carbocycles. The van der Waals surface area contributed by atoms with Crippen LogP contribution in [0, 0.1) is 5.82 Å². The van der Waals surface area contributed by atoms with Crippen LogP contribution in [-0.4, -0.2) is 22.5 Å². The van der Waals surface area contributed by atoms with Crippen molar-refractivity contribution in [1.29, 1.82) is 0 Å². The smallest absolute Gasteiger partial charge is 0.282 e. The van der Waals surface area contributed by atoms with Gasteiger partial charge in [-0.05, 0) is 77.7 Å². The molecule has 0 bridgehead atoms. The van der Waals surface area contributed by atoms with E-state index in [9.17, 15) is 9.18 Å². The Morgan fingerprint density at radius 2 is 1.84 bits per heavy atom. The van der Waals surface area contributed by atoms with Gasteiger partial charge >= 0.3 is 0 Å². The molecule has 0 N–H and O–H groups in total. The van der Waals surface area contributed by atoms with Gasteiger partial charge in [0.25, 0.3) is 5.56 Å². The molecule has 1 saturated carbocycles. The predicted octanol–water partition coefficient (Wildman–Crippen LogP) is 7.21. The van der Waals surface area contributed by atoms with Crippen molar-refractivity contribution in [2.24, 2.45) is 5.10 Å². The first-order valence-electron chi connectivity index (χ1n) is 12.9. The lowest BCUT2D eigenvalue weighted by atomic mass is 9.88. The lowest BCUT2D eigenvalue weighted by molar-refractivity contribution is 0.269. The topological polar surface area (TPSA) is 65.7 Å². The molecule has 1 fully saturated rings. The third-order valence-corrected chi connectivity index (χ3v) is 7.39. The second kappa shape index (κ2) is 11.9. The summed E-state index contributed by atoms with van der Waals surface area (Å²) in [4.78, 5) is 18.4. The molecule has 0 atom stereocenters. The summed E-state index contributed by atoms with van der Waals surface area (Å²) in [6, 6.07) is 17.3. The van der Waals surface area contributed by atoms with Crippen molar-refractivity contribution in [3.63, 3.8) is 0 Å². The number of hydrogen-bond donors (Lipinski definition) is 0. The number of halogens is 2. The Labute approximate surface area is 229 Å². The van der Waals surface area contributed by atoms with Gasteiger partial charge in [0, 0.05) is 16.0 Å². The zero-order valence-corrected chi connectivity index (χ0v) is 22.8. The van der Waals surface area contributed by atoms with Crippen LogP contribution < -0.4 is 15.0 Å². The van der Waals surface area contributed by atoms with Crippen molar-refractivity contribution in [3.05, 3.63) is 98.3 Å². The van der Waals surface area contributed by atoms with Crippen LogP contribution in [0.3, 0.4) is 0 Å². The van der Waals surface area contributed by atoms with E-state index < -0.39 is 0 Å². The third kappa shape index (κ3) is 5.80. The van der Waals surface area contributed by atoms with Gasteiger partial charge in [0.05, 0.1) is 23.7 Å². The number of para-hydroxylation sites is 1. The first-order chi connectivity index (χ1) is 18.5. The van der Waals surface area contributed by atoms with E-state index in [1.54, 1.807) is 30.5 Å². The molecule has 0 radical (unpaired) electrons. The van der Waals surface area contributed by atoms with Crippen LogP contribution in [0.25, 0.3) is 10.9 Å². The van der Waals surface area contributed by atoms with Crippen LogP contribution in [0.15, 0.2) is 75.0 Å². The number of hydrogen-bond acceptors (Lipinski definition) is 5. The molecule has 38 heavy (non-hydrogen) atoms. The van der Waals surface area contributed by atoms with Gasteiger partial charge < -0.3 is 9.47 Å². The molecule has 0 amide bonds. The SMILES string of the molecule is CCOc1cc(C=Nn2c(C3CCCCC3)nc3ccccc3c2=O)c(Br)cc1OCc1cccc(F)c1. The Morgan fingerprint density at radius 3 is 2.63 bits per heavy atom. The monoisotopic (exact) mass is 577 g/mol. The van der Waals surface area contributed by atoms with E-state index in [0.29, 0.717) is 40.4 Å². The standard InChI is InChI=1S/C30H29BrFN3O3/c1-2-37-27-16-22(25(31)17-28(27)38-19-20-9-8-12-23(32)15-20)18-33-35-29(21-10-4-3-5-11-21)34-26-14-7-6-13-24(26)30(35)36/h6-9,12-18,21H,2-5,10-11,19H2,1H3. The second-order valence-electron chi connectivity index (χ2n) is 9.36. The maximum absolute atomic E-state index is 13.6. The molecule has 0 spiro atoms. The number of rotatable bonds is 8. The van der Waals surface area contributed by atoms with Crippen LogP contribution >= 0.6 is 15.9 Å². The predicted molar refractivity (Wildman–Crippen MR) is 151 cm³/mol. The zero-order chi connectivity index (χ0) is 26.5. The van der Waals surface area contributed by atoms with Gasteiger partial charge in [-0.1, -0.05) is 43.5 Å². The van der Waals surface area contributed by atoms with Crippen LogP contribution in [0.4, 0.5) is 4.39 Å². The summed E-state index contributed by atoms with van der Waals surface area (Å²) >= 11 is 3.61. The van der Waals surface area contributed by atoms with Crippen molar-refractivity contribution >= 4 is 33.0 Å². The Hall–Kier alpha value is -3.52. The molecule has 8 heteroatoms. The minimum absolute atomic E-state index is 0.177. The number of ether oxygens (including phenoxy) is 2. The molecule has 0 unspecified atom stereocenters. The highest BCUT2D eigenvalue weighted by atomic mass is 79.9. The first kappa shape index (κ1) is 26.1. The fourth-order valence-electron chi connectivity index (χ4n) is 4.82. The lowest BCUT2D eigenvalue weighted by Gasteiger charge is -2.22. The van der Waals surface area contributed by atoms with Crippen molar-refractivity contribution < 1.29 is 13.9 Å². The van der Waals surface area contributed by atoms with Gasteiger partial charge in [-0.3, -0.25) is 4.79 Å². The van der Waals surface area contributed by atoms with Crippen LogP contribution in [0.2, 0.25) is 0 Å². The normalized spacial score (nSPS) is 14.3. The summed E-state index contributed by atoms with van der Waals surface area (Å²) in [6.45, 7) is 2.53. The second-order valence-corrected chi connectivity index (χ2v) is 10.2. The van der Waals surface area contributed by atoms with Crippen LogP contribution in [-0.2, 0) is 6.61 Å². The fourth-order valence-corrected chi connectivity index (χ4v) is 5.24. The van der Waals surface area contributed by atoms with Crippen molar-refractivity contribution in [2.75, 3.05) is 6.61 Å². The molecular weight excluding hydrogens is 549 g/mol. The molecule has 0 saturated heterocycles. The minimum Gasteiger partial charge on any atom is -0.490 e. The summed E-state index contributed by atoms with van der Waals surface area (Å²) in [5, 5.41) is 5.19. The number of benzene rings is 3. The van der Waals surface area contributed by atoms with E-state index in [0.717, 1.165) is 35.7 Å². The van der Waals surface area contributed by atoms with Crippen molar-refractivity contribution in [2.45, 2.75) is 51.6 Å². The highest BCUT2D eigenvalue weighted by molar-refractivity contribution is 9.10. The summed E-state index contributed by atoms with van der Waals surface area (Å²) < 4.78 is 27.5. The maximum atomic E-state index is 13.6. The summed E-state index contributed by atoms with van der Waals surface area (Å²) in [5.41, 5.74) is 1.96. The molecule has 0 aliphatic heterocycles. The average Bonchev–Trinajstić information content (AvgIpc) is 2.93. The highest BCUT2D eigenvalue weighted by Crippen LogP contribution is 2.35. The van der Waals surface area contributed by atoms with Crippen molar-refractivity contribution in [3.8, 4) is 11.5 Å². The van der Waals surface area contributed by atoms with E-state index in [2.05, 4.69) is 21.0 Å². The molecule has 1 aliphatic rings. The van der Waals surface area contributed by atoms with Crippen LogP contribution in [0.1, 0.15) is 61.9 Å². The molecule has 1 heterocycles. The largest absolute Gasteiger partial charge is 0.490 e. The highest BCUT2D eigenvalue weighted by Gasteiger charge is 2.22. The quantitative estimate of drug-likeness (QED) is 0.207. The first-order valence-corrected chi connectivity index (χ1v) is 13.7. The van der Waals surface area contributed by atoms with E-state index in [-0.39, 0.29) is 23.9 Å². The van der Waals surface area contributed by atoms with E-state index in [4.69, 9.17) is 14.5 Å². The minimum atomic E-state index is -0.310. The molecule has 4 aromatic rings. The van der Waals surface area contributed by atoms with Gasteiger partial charge in [-0.25, -0.2) is 9.37 Å². The van der Waals surface area contributed by atoms with Gasteiger partial charge in [0.2, 0.25) is 0 Å². The number of nitrogens with zero attached hydrogens (tertiary/aromatic N) is 3. The van der Waals surface area contributed by atoms with Gasteiger partial charge in [0.1, 0.15) is 18.2 Å². The van der Waals surface area contributed by atoms with E-state index >= 15 is 0 Å². The average molecular weight is 578 g/mol. The number of fused-ring (bicyclic) bond motifs is 1. The molecule has 5 rings (SSSR count). The Bertz CT molecular complexity index is 1530. The number of aromatic nitrogens is 2. The summed E-state index contributed by atoms with van der Waals surface area (Å²) in [7, 11) is 0. The summed E-state index contributed by atoms with van der Waals surface area (Å²) in [5.74, 6) is 1.65. The Balaban J connectivity index is 1.49. The maximum Gasteiger partial charge on any atom is 0.282 e. The molecular formula is C30H29BrFN3O3.